The van der Waals surface area contributed by atoms with E-state index in [9.17, 15) is 8.42 Å². The summed E-state index contributed by atoms with van der Waals surface area (Å²) >= 11 is 0. The van der Waals surface area contributed by atoms with E-state index in [-0.39, 0.29) is 4.90 Å². The van der Waals surface area contributed by atoms with Crippen LogP contribution in [-0.4, -0.2) is 14.5 Å². The minimum atomic E-state index is -3.59. The van der Waals surface area contributed by atoms with Gasteiger partial charge in [0.05, 0.1) is 4.90 Å². The Hall–Kier alpha value is -1.07. The van der Waals surface area contributed by atoms with Gasteiger partial charge in [-0.15, -0.1) is 0 Å². The van der Waals surface area contributed by atoms with Gasteiger partial charge >= 0.3 is 0 Å². The Balaban J connectivity index is 2.18. The summed E-state index contributed by atoms with van der Waals surface area (Å²) in [5, 5.41) is 8.32. The van der Waals surface area contributed by atoms with Crippen molar-refractivity contribution in [3.8, 4) is 0 Å². The van der Waals surface area contributed by atoms with E-state index in [0.717, 1.165) is 18.5 Å². The minimum Gasteiger partial charge on any atom is -0.382 e. The summed E-state index contributed by atoms with van der Waals surface area (Å²) in [6, 6.07) is 7.11. The van der Waals surface area contributed by atoms with Crippen LogP contribution in [0, 0.1) is 0 Å². The Labute approximate surface area is 89.5 Å². The maximum atomic E-state index is 11.1. The van der Waals surface area contributed by atoms with E-state index in [1.165, 1.54) is 12.5 Å². The van der Waals surface area contributed by atoms with Gasteiger partial charge in [0, 0.05) is 11.7 Å². The molecule has 1 aromatic rings. The molecule has 0 bridgehead atoms. The van der Waals surface area contributed by atoms with Crippen molar-refractivity contribution in [1.82, 2.24) is 0 Å². The number of anilines is 1. The first kappa shape index (κ1) is 10.4. The van der Waals surface area contributed by atoms with Gasteiger partial charge in [0.1, 0.15) is 0 Å². The lowest BCUT2D eigenvalue weighted by Crippen LogP contribution is -2.27. The molecule has 1 aromatic carbocycles. The lowest BCUT2D eigenvalue weighted by Gasteiger charge is -2.27. The molecule has 1 aliphatic rings. The minimum absolute atomic E-state index is 0.159. The summed E-state index contributed by atoms with van der Waals surface area (Å²) in [7, 11) is -3.59. The van der Waals surface area contributed by atoms with Crippen molar-refractivity contribution in [3.63, 3.8) is 0 Å². The van der Waals surface area contributed by atoms with Crippen LogP contribution in [0.15, 0.2) is 29.2 Å². The Morgan fingerprint density at radius 2 is 2.07 bits per heavy atom. The number of hydrogen-bond donors (Lipinski definition) is 2. The zero-order chi connectivity index (χ0) is 10.9. The van der Waals surface area contributed by atoms with Crippen LogP contribution in [0.1, 0.15) is 19.3 Å². The molecule has 4 nitrogen and oxygen atoms in total. The maximum Gasteiger partial charge on any atom is 0.238 e. The van der Waals surface area contributed by atoms with Gasteiger partial charge in [0.2, 0.25) is 10.0 Å². The number of primary sulfonamides is 1. The normalized spacial score (nSPS) is 17.1. The fourth-order valence-electron chi connectivity index (χ4n) is 1.55. The summed E-state index contributed by atoms with van der Waals surface area (Å²) in [6.45, 7) is 0. The predicted molar refractivity (Wildman–Crippen MR) is 59.1 cm³/mol. The second-order valence-corrected chi connectivity index (χ2v) is 5.41. The molecular formula is C10H14N2O2S. The first-order chi connectivity index (χ1) is 7.05. The van der Waals surface area contributed by atoms with E-state index in [1.54, 1.807) is 12.1 Å². The Morgan fingerprint density at radius 3 is 2.60 bits per heavy atom. The highest BCUT2D eigenvalue weighted by atomic mass is 32.2. The van der Waals surface area contributed by atoms with E-state index >= 15 is 0 Å². The smallest absolute Gasteiger partial charge is 0.238 e. The maximum absolute atomic E-state index is 11.1. The largest absolute Gasteiger partial charge is 0.382 e. The molecule has 0 amide bonds. The summed E-state index contributed by atoms with van der Waals surface area (Å²) in [6.07, 6.45) is 3.55. The van der Waals surface area contributed by atoms with Gasteiger partial charge in [-0.3, -0.25) is 0 Å². The molecule has 1 saturated carbocycles. The number of rotatable bonds is 3. The third-order valence-corrected chi connectivity index (χ3v) is 3.55. The molecule has 1 aliphatic carbocycles. The van der Waals surface area contributed by atoms with Crippen LogP contribution in [0.5, 0.6) is 0 Å². The molecule has 2 rings (SSSR count). The Morgan fingerprint density at radius 1 is 1.33 bits per heavy atom. The standard InChI is InChI=1S/C10H14N2O2S/c11-15(13,14)10-6-2-5-9(7-10)12-8-3-1-4-8/h2,5-8,12H,1,3-4H2,(H2,11,13,14). The van der Waals surface area contributed by atoms with Crippen molar-refractivity contribution in [2.75, 3.05) is 5.32 Å². The monoisotopic (exact) mass is 226 g/mol. The lowest BCUT2D eigenvalue weighted by molar-refractivity contribution is 0.445. The van der Waals surface area contributed by atoms with Crippen LogP contribution >= 0.6 is 0 Å². The van der Waals surface area contributed by atoms with Crippen LogP contribution in [0.4, 0.5) is 5.69 Å². The molecule has 0 heterocycles. The van der Waals surface area contributed by atoms with Gasteiger partial charge in [-0.2, -0.15) is 0 Å². The van der Waals surface area contributed by atoms with E-state index < -0.39 is 10.0 Å². The molecule has 0 unspecified atom stereocenters. The fourth-order valence-corrected chi connectivity index (χ4v) is 2.11. The van der Waals surface area contributed by atoms with Crippen LogP contribution in [-0.2, 0) is 10.0 Å². The number of nitrogens with two attached hydrogens (primary N) is 1. The van der Waals surface area contributed by atoms with E-state index in [0.29, 0.717) is 6.04 Å². The van der Waals surface area contributed by atoms with Crippen molar-refractivity contribution < 1.29 is 8.42 Å². The van der Waals surface area contributed by atoms with Gasteiger partial charge < -0.3 is 5.32 Å². The first-order valence-corrected chi connectivity index (χ1v) is 6.50. The summed E-state index contributed by atoms with van der Waals surface area (Å²) in [5.74, 6) is 0. The molecular weight excluding hydrogens is 212 g/mol. The molecule has 0 atom stereocenters. The fraction of sp³-hybridized carbons (Fsp3) is 0.400. The van der Waals surface area contributed by atoms with Gasteiger partial charge in [-0.05, 0) is 37.5 Å². The van der Waals surface area contributed by atoms with Gasteiger partial charge in [-0.1, -0.05) is 6.07 Å². The van der Waals surface area contributed by atoms with Crippen molar-refractivity contribution in [2.24, 2.45) is 5.14 Å². The van der Waals surface area contributed by atoms with Gasteiger partial charge in [0.25, 0.3) is 0 Å². The number of benzene rings is 1. The van der Waals surface area contributed by atoms with E-state index in [2.05, 4.69) is 5.32 Å². The molecule has 3 N–H and O–H groups in total. The van der Waals surface area contributed by atoms with Crippen molar-refractivity contribution in [1.29, 1.82) is 0 Å². The van der Waals surface area contributed by atoms with Crippen LogP contribution < -0.4 is 10.5 Å². The summed E-state index contributed by atoms with van der Waals surface area (Å²) < 4.78 is 22.2. The second-order valence-electron chi connectivity index (χ2n) is 3.85. The molecule has 1 fully saturated rings. The highest BCUT2D eigenvalue weighted by Gasteiger charge is 2.17. The van der Waals surface area contributed by atoms with Crippen LogP contribution in [0.2, 0.25) is 0 Å². The van der Waals surface area contributed by atoms with Crippen molar-refractivity contribution in [2.45, 2.75) is 30.2 Å². The zero-order valence-electron chi connectivity index (χ0n) is 8.31. The van der Waals surface area contributed by atoms with Gasteiger partial charge in [0.15, 0.2) is 0 Å². The molecule has 5 heteroatoms. The van der Waals surface area contributed by atoms with Crippen molar-refractivity contribution >= 4 is 15.7 Å². The Kier molecular flexibility index (Phi) is 2.67. The van der Waals surface area contributed by atoms with E-state index in [1.807, 2.05) is 6.07 Å². The average Bonchev–Trinajstić information content (AvgIpc) is 2.11. The quantitative estimate of drug-likeness (QED) is 0.816. The highest BCUT2D eigenvalue weighted by Crippen LogP contribution is 2.24. The molecule has 82 valence electrons. The molecule has 0 radical (unpaired) electrons. The predicted octanol–water partition coefficient (Wildman–Crippen LogP) is 1.30. The number of hydrogen-bond acceptors (Lipinski definition) is 3. The average molecular weight is 226 g/mol. The molecule has 15 heavy (non-hydrogen) atoms. The number of nitrogens with one attached hydrogen (secondary N) is 1. The Bertz CT molecular complexity index is 452. The molecule has 0 aromatic heterocycles. The van der Waals surface area contributed by atoms with Crippen molar-refractivity contribution in [3.05, 3.63) is 24.3 Å². The second kappa shape index (κ2) is 3.83. The third kappa shape index (κ3) is 2.49. The zero-order valence-corrected chi connectivity index (χ0v) is 9.13. The molecule has 0 saturated heterocycles. The van der Waals surface area contributed by atoms with Crippen LogP contribution in [0.25, 0.3) is 0 Å². The SMILES string of the molecule is NS(=O)(=O)c1cccc(NC2CCC2)c1. The topological polar surface area (TPSA) is 72.2 Å². The number of sulfonamides is 1. The molecule has 0 aliphatic heterocycles. The summed E-state index contributed by atoms with van der Waals surface area (Å²) in [4.78, 5) is 0.159. The summed E-state index contributed by atoms with van der Waals surface area (Å²) in [5.41, 5.74) is 0.825. The highest BCUT2D eigenvalue weighted by molar-refractivity contribution is 7.89. The third-order valence-electron chi connectivity index (χ3n) is 2.64. The lowest BCUT2D eigenvalue weighted by atomic mass is 9.93. The molecule has 0 spiro atoms. The van der Waals surface area contributed by atoms with Gasteiger partial charge in [-0.25, -0.2) is 13.6 Å². The van der Waals surface area contributed by atoms with Crippen LogP contribution in [0.3, 0.4) is 0 Å². The van der Waals surface area contributed by atoms with E-state index in [4.69, 9.17) is 5.14 Å². The first-order valence-electron chi connectivity index (χ1n) is 4.95.